The van der Waals surface area contributed by atoms with Crippen molar-refractivity contribution in [2.45, 2.75) is 50.8 Å². The van der Waals surface area contributed by atoms with Crippen LogP contribution in [0, 0.1) is 0 Å². The zero-order valence-electron chi connectivity index (χ0n) is 14.8. The quantitative estimate of drug-likeness (QED) is 0.697. The Morgan fingerprint density at radius 3 is 2.25 bits per heavy atom. The predicted octanol–water partition coefficient (Wildman–Crippen LogP) is 4.37. The maximum atomic E-state index is 6.27. The van der Waals surface area contributed by atoms with Crippen LogP contribution in [0.2, 0.25) is 19.1 Å². The zero-order valence-corrected chi connectivity index (χ0v) is 15.8. The van der Waals surface area contributed by atoms with E-state index in [-0.39, 0.29) is 6.10 Å². The van der Waals surface area contributed by atoms with Crippen LogP contribution in [-0.2, 0) is 16.1 Å². The summed E-state index contributed by atoms with van der Waals surface area (Å²) in [6.07, 6.45) is 2.96. The van der Waals surface area contributed by atoms with E-state index in [2.05, 4.69) is 67.7 Å². The van der Waals surface area contributed by atoms with Gasteiger partial charge >= 0.3 is 0 Å². The molecule has 0 bridgehead atoms. The van der Waals surface area contributed by atoms with Gasteiger partial charge in [0.05, 0.1) is 33.5 Å². The monoisotopic (exact) mass is 340 g/mol. The molecule has 0 unspecified atom stereocenters. The number of hydrogen-bond acceptors (Lipinski definition) is 2. The first-order chi connectivity index (χ1) is 11.6. The third-order valence-electron chi connectivity index (χ3n) is 4.90. The van der Waals surface area contributed by atoms with Gasteiger partial charge in [-0.2, -0.15) is 0 Å². The van der Waals surface area contributed by atoms with E-state index in [0.717, 1.165) is 6.42 Å². The van der Waals surface area contributed by atoms with Crippen LogP contribution < -0.4 is 5.19 Å². The molecular formula is C21H28O2Si. The summed E-state index contributed by atoms with van der Waals surface area (Å²) >= 11 is 0. The maximum Gasteiger partial charge on any atom is 0.0831 e. The molecule has 2 atom stereocenters. The van der Waals surface area contributed by atoms with E-state index < -0.39 is 8.07 Å². The van der Waals surface area contributed by atoms with Crippen LogP contribution in [0.3, 0.4) is 0 Å². The first kappa shape index (κ1) is 17.4. The summed E-state index contributed by atoms with van der Waals surface area (Å²) in [6, 6.07) is 22.5. The van der Waals surface area contributed by atoms with E-state index in [9.17, 15) is 0 Å². The SMILES string of the molecule is C[Si](C)(C[C@H]1CC[C@@H](COCc2ccccc2)O1)c1ccccc1. The predicted molar refractivity (Wildman–Crippen MR) is 102 cm³/mol. The molecule has 1 saturated heterocycles. The first-order valence-corrected chi connectivity index (χ1v) is 12.2. The lowest BCUT2D eigenvalue weighted by atomic mass is 10.2. The highest BCUT2D eigenvalue weighted by Gasteiger charge is 2.33. The lowest BCUT2D eigenvalue weighted by Crippen LogP contribution is -2.44. The Hall–Kier alpha value is -1.42. The van der Waals surface area contributed by atoms with E-state index in [1.807, 2.05) is 6.07 Å². The van der Waals surface area contributed by atoms with E-state index in [4.69, 9.17) is 9.47 Å². The van der Waals surface area contributed by atoms with Gasteiger partial charge in [0.2, 0.25) is 0 Å². The molecule has 0 spiro atoms. The van der Waals surface area contributed by atoms with Gasteiger partial charge in [-0.05, 0) is 24.4 Å². The highest BCUT2D eigenvalue weighted by atomic mass is 28.3. The smallest absolute Gasteiger partial charge is 0.0831 e. The lowest BCUT2D eigenvalue weighted by Gasteiger charge is -2.26. The topological polar surface area (TPSA) is 18.5 Å². The first-order valence-electron chi connectivity index (χ1n) is 8.96. The minimum atomic E-state index is -1.42. The van der Waals surface area contributed by atoms with Crippen molar-refractivity contribution < 1.29 is 9.47 Å². The minimum absolute atomic E-state index is 0.263. The number of ether oxygens (including phenoxy) is 2. The Morgan fingerprint density at radius 2 is 1.54 bits per heavy atom. The van der Waals surface area contributed by atoms with Crippen LogP contribution >= 0.6 is 0 Å². The van der Waals surface area contributed by atoms with Gasteiger partial charge in [-0.25, -0.2) is 0 Å². The molecule has 24 heavy (non-hydrogen) atoms. The molecule has 1 aliphatic rings. The van der Waals surface area contributed by atoms with Crippen molar-refractivity contribution in [1.29, 1.82) is 0 Å². The average Bonchev–Trinajstić information content (AvgIpc) is 3.03. The Labute approximate surface area is 146 Å². The molecule has 0 N–H and O–H groups in total. The third kappa shape index (κ3) is 4.79. The fourth-order valence-corrected chi connectivity index (χ4v) is 6.28. The van der Waals surface area contributed by atoms with Crippen molar-refractivity contribution in [3.8, 4) is 0 Å². The van der Waals surface area contributed by atoms with Gasteiger partial charge in [-0.1, -0.05) is 78.9 Å². The van der Waals surface area contributed by atoms with Gasteiger partial charge in [-0.3, -0.25) is 0 Å². The second-order valence-electron chi connectivity index (χ2n) is 7.41. The Kier molecular flexibility index (Phi) is 5.88. The van der Waals surface area contributed by atoms with Crippen LogP contribution in [0.4, 0.5) is 0 Å². The van der Waals surface area contributed by atoms with Crippen LogP contribution in [0.15, 0.2) is 60.7 Å². The zero-order chi connectivity index (χ0) is 16.8. The van der Waals surface area contributed by atoms with Gasteiger partial charge in [0.25, 0.3) is 0 Å². The highest BCUT2D eigenvalue weighted by molar-refractivity contribution is 6.89. The van der Waals surface area contributed by atoms with Crippen molar-refractivity contribution in [2.24, 2.45) is 0 Å². The lowest BCUT2D eigenvalue weighted by molar-refractivity contribution is -0.0144. The molecule has 0 amide bonds. The van der Waals surface area contributed by atoms with Crippen LogP contribution in [0.1, 0.15) is 18.4 Å². The van der Waals surface area contributed by atoms with Crippen molar-refractivity contribution in [1.82, 2.24) is 0 Å². The molecule has 1 fully saturated rings. The summed E-state index contributed by atoms with van der Waals surface area (Å²) in [5.74, 6) is 0. The molecule has 1 heterocycles. The van der Waals surface area contributed by atoms with Crippen molar-refractivity contribution in [3.63, 3.8) is 0 Å². The van der Waals surface area contributed by atoms with E-state index in [1.54, 1.807) is 0 Å². The normalized spacial score (nSPS) is 21.1. The summed E-state index contributed by atoms with van der Waals surface area (Å²) in [5, 5.41) is 1.53. The minimum Gasteiger partial charge on any atom is -0.374 e. The standard InChI is InChI=1S/C21H28O2Si/c1-24(2,21-11-7-4-8-12-21)17-20-14-13-19(23-20)16-22-15-18-9-5-3-6-10-18/h3-12,19-20H,13-17H2,1-2H3/t19-,20+/m0/s1. The number of hydrogen-bond donors (Lipinski definition) is 0. The van der Waals surface area contributed by atoms with Crippen molar-refractivity contribution in [3.05, 3.63) is 66.2 Å². The number of benzene rings is 2. The molecule has 2 aromatic carbocycles. The summed E-state index contributed by atoms with van der Waals surface area (Å²) in [7, 11) is -1.42. The van der Waals surface area contributed by atoms with Gasteiger partial charge in [0.15, 0.2) is 0 Å². The van der Waals surface area contributed by atoms with E-state index >= 15 is 0 Å². The number of rotatable bonds is 7. The molecule has 0 saturated carbocycles. The van der Waals surface area contributed by atoms with Crippen molar-refractivity contribution >= 4 is 13.3 Å². The Bertz CT molecular complexity index is 612. The highest BCUT2D eigenvalue weighted by Crippen LogP contribution is 2.27. The maximum absolute atomic E-state index is 6.27. The molecule has 3 rings (SSSR count). The molecule has 1 aliphatic heterocycles. The largest absolute Gasteiger partial charge is 0.374 e. The summed E-state index contributed by atoms with van der Waals surface area (Å²) < 4.78 is 12.1. The molecule has 3 heteroatoms. The van der Waals surface area contributed by atoms with Gasteiger partial charge in [0, 0.05) is 0 Å². The summed E-state index contributed by atoms with van der Waals surface area (Å²) in [4.78, 5) is 0. The van der Waals surface area contributed by atoms with Crippen LogP contribution in [0.5, 0.6) is 0 Å². The Morgan fingerprint density at radius 1 is 0.917 bits per heavy atom. The van der Waals surface area contributed by atoms with Crippen LogP contribution in [-0.4, -0.2) is 26.9 Å². The van der Waals surface area contributed by atoms with Gasteiger partial charge < -0.3 is 9.47 Å². The van der Waals surface area contributed by atoms with Crippen molar-refractivity contribution in [2.75, 3.05) is 6.61 Å². The average molecular weight is 341 g/mol. The molecular weight excluding hydrogens is 312 g/mol. The van der Waals surface area contributed by atoms with E-state index in [0.29, 0.717) is 19.3 Å². The summed E-state index contributed by atoms with van der Waals surface area (Å²) in [6.45, 7) is 6.28. The third-order valence-corrected chi connectivity index (χ3v) is 8.28. The molecule has 2 nitrogen and oxygen atoms in total. The van der Waals surface area contributed by atoms with E-state index in [1.165, 1.54) is 23.2 Å². The van der Waals surface area contributed by atoms with Gasteiger partial charge in [0.1, 0.15) is 0 Å². The second-order valence-corrected chi connectivity index (χ2v) is 12.2. The molecule has 2 aromatic rings. The summed E-state index contributed by atoms with van der Waals surface area (Å²) in [5.41, 5.74) is 1.23. The molecule has 0 aliphatic carbocycles. The Balaban J connectivity index is 1.44. The van der Waals surface area contributed by atoms with Gasteiger partial charge in [-0.15, -0.1) is 0 Å². The molecule has 128 valence electrons. The molecule has 0 radical (unpaired) electrons. The van der Waals surface area contributed by atoms with Crippen LogP contribution in [0.25, 0.3) is 0 Å². The fourth-order valence-electron chi connectivity index (χ4n) is 3.51. The second kappa shape index (κ2) is 8.10. The molecule has 0 aromatic heterocycles. The fraction of sp³-hybridized carbons (Fsp3) is 0.429.